The second kappa shape index (κ2) is 20.7. The van der Waals surface area contributed by atoms with Crippen molar-refractivity contribution in [1.82, 2.24) is 0 Å². The van der Waals surface area contributed by atoms with E-state index in [1.54, 1.807) is 6.26 Å². The molecule has 0 aliphatic carbocycles. The van der Waals surface area contributed by atoms with Crippen LogP contribution < -0.4 is 21.9 Å². The Bertz CT molecular complexity index is 2730. The summed E-state index contributed by atoms with van der Waals surface area (Å²) in [5.41, 5.74) is -27.0. The van der Waals surface area contributed by atoms with Crippen LogP contribution in [0, 0.1) is 18.1 Å². The van der Waals surface area contributed by atoms with E-state index in [1.807, 2.05) is 61.5 Å². The molecule has 1 nitrogen and oxygen atoms in total. The Balaban J connectivity index is 0.000000468. The molecule has 6 aromatic rings. The molecule has 0 radical (unpaired) electrons. The minimum atomic E-state index is -6.13. The van der Waals surface area contributed by atoms with E-state index in [0.717, 1.165) is 11.1 Å². The molecule has 0 bridgehead atoms. The van der Waals surface area contributed by atoms with Crippen LogP contribution in [0.4, 0.5) is 105 Å². The highest BCUT2D eigenvalue weighted by Crippen LogP contribution is 2.41. The number of benzene rings is 6. The van der Waals surface area contributed by atoms with Crippen LogP contribution >= 0.6 is 0 Å². The number of halogens is 24. The molecule has 0 saturated heterocycles. The lowest BCUT2D eigenvalue weighted by Crippen LogP contribution is -2.75. The summed E-state index contributed by atoms with van der Waals surface area (Å²) in [4.78, 5) is 0. The largest absolute Gasteiger partial charge is 0.416 e. The van der Waals surface area contributed by atoms with Gasteiger partial charge in [0, 0.05) is 11.1 Å². The molecule has 6 rings (SSSR count). The first kappa shape index (κ1) is 60.3. The summed E-state index contributed by atoms with van der Waals surface area (Å²) in [5, 5.41) is 2.92. The van der Waals surface area contributed by atoms with Crippen molar-refractivity contribution >= 4 is 37.9 Å². The van der Waals surface area contributed by atoms with Gasteiger partial charge in [-0.15, -0.1) is 0 Å². The maximum atomic E-state index is 14.2. The Kier molecular flexibility index (Phi) is 16.5. The van der Waals surface area contributed by atoms with Gasteiger partial charge < -0.3 is 0 Å². The normalized spacial score (nSPS) is 14.0. The molecule has 1 unspecified atom stereocenters. The predicted octanol–water partition coefficient (Wildman–Crippen LogP) is 14.8. The molecule has 1 atom stereocenters. The maximum Gasteiger partial charge on any atom is 0.416 e. The topological polar surface area (TPSA) is 17.1 Å². The number of hydrogen-bond acceptors (Lipinski definition) is 1. The molecule has 0 aliphatic heterocycles. The fourth-order valence-corrected chi connectivity index (χ4v) is 9.03. The molecule has 27 heteroatoms. The fraction of sp³-hybridized carbons (Fsp3) is 0.224. The summed E-state index contributed by atoms with van der Waals surface area (Å²) in [6.45, 7) is 2.04. The standard InChI is InChI=1S/C32H12BF24.C17H17OS/c34-25(35,36)13-1-14(26(37,38)39)6-21(5-13)33(22-7-15(27(40,41)42)2-16(8-22)28(43,44)45,23-9-17(29(46,47)48)3-18(10-23)30(49,50)51)24-11-19(31(52,53)54)4-20(12-24)32(55,56)57;1-15-8-10-17(11-9-15)14-19(2,18)13-12-16-6-4-3-5-7-16/h1-12H;3-11H,14H2,1-2H3/q-1;+1. The van der Waals surface area contributed by atoms with E-state index in [9.17, 15) is 110 Å². The third-order valence-corrected chi connectivity index (χ3v) is 12.6. The molecule has 0 aliphatic rings. The monoisotopic (exact) mass is 1130 g/mol. The Morgan fingerprint density at radius 3 is 0.829 bits per heavy atom. The van der Waals surface area contributed by atoms with Gasteiger partial charge in [0.25, 0.3) is 0 Å². The fourth-order valence-electron chi connectivity index (χ4n) is 7.80. The minimum Gasteiger partial charge on any atom is -0.194 e. The van der Waals surface area contributed by atoms with E-state index < -0.39 is 205 Å². The summed E-state index contributed by atoms with van der Waals surface area (Å²) in [7, 11) is -2.16. The van der Waals surface area contributed by atoms with Crippen molar-refractivity contribution in [2.24, 2.45) is 0 Å². The van der Waals surface area contributed by atoms with E-state index in [2.05, 4.69) is 11.2 Å². The maximum absolute atomic E-state index is 14.2. The second-order valence-corrected chi connectivity index (χ2v) is 19.5. The van der Waals surface area contributed by atoms with Gasteiger partial charge in [-0.2, -0.15) is 127 Å². The molecule has 76 heavy (non-hydrogen) atoms. The zero-order valence-electron chi connectivity index (χ0n) is 37.8. The number of alkyl halides is 24. The lowest BCUT2D eigenvalue weighted by Gasteiger charge is -2.46. The lowest BCUT2D eigenvalue weighted by atomic mass is 9.12. The Morgan fingerprint density at radius 1 is 0.368 bits per heavy atom. The van der Waals surface area contributed by atoms with Crippen molar-refractivity contribution in [1.29, 1.82) is 0 Å². The van der Waals surface area contributed by atoms with Gasteiger partial charge in [-0.3, -0.25) is 0 Å². The number of hydrogen-bond donors (Lipinski definition) is 0. The predicted molar refractivity (Wildman–Crippen MR) is 232 cm³/mol. The molecule has 0 N–H and O–H groups in total. The summed E-state index contributed by atoms with van der Waals surface area (Å²) >= 11 is 0. The highest BCUT2D eigenvalue weighted by atomic mass is 32.2. The summed E-state index contributed by atoms with van der Waals surface area (Å²) in [6.07, 6.45) is -53.1. The summed E-state index contributed by atoms with van der Waals surface area (Å²) < 4.78 is 353. The molecule has 408 valence electrons. The van der Waals surface area contributed by atoms with Crippen LogP contribution in [0.2, 0.25) is 0 Å². The highest BCUT2D eigenvalue weighted by molar-refractivity contribution is 8.05. The average Bonchev–Trinajstić information content (AvgIpc) is 3.27. The second-order valence-electron chi connectivity index (χ2n) is 17.0. The molecular weight excluding hydrogens is 1100 g/mol. The minimum absolute atomic E-state index is 0.507. The highest BCUT2D eigenvalue weighted by Gasteiger charge is 2.47. The van der Waals surface area contributed by atoms with E-state index in [0.29, 0.717) is 5.75 Å². The molecule has 0 spiro atoms. The van der Waals surface area contributed by atoms with Gasteiger partial charge in [-0.1, -0.05) is 101 Å². The lowest BCUT2D eigenvalue weighted by molar-refractivity contribution is -0.144. The number of rotatable bonds is 6. The van der Waals surface area contributed by atoms with Crippen LogP contribution in [0.1, 0.15) is 61.2 Å². The summed E-state index contributed by atoms with van der Waals surface area (Å²) in [5.74, 6) is 3.50. The smallest absolute Gasteiger partial charge is 0.194 e. The van der Waals surface area contributed by atoms with Gasteiger partial charge in [0.05, 0.1) is 44.5 Å². The Hall–Kier alpha value is -6.59. The van der Waals surface area contributed by atoms with Gasteiger partial charge in [0.1, 0.15) is 18.2 Å². The zero-order chi connectivity index (χ0) is 57.6. The van der Waals surface area contributed by atoms with Crippen molar-refractivity contribution in [2.75, 3.05) is 6.26 Å². The molecule has 0 heterocycles. The average molecular weight is 1130 g/mol. The summed E-state index contributed by atoms with van der Waals surface area (Å²) in [6, 6.07) is 8.96. The van der Waals surface area contributed by atoms with E-state index in [-0.39, 0.29) is 0 Å². The van der Waals surface area contributed by atoms with Gasteiger partial charge in [0.15, 0.2) is 15.2 Å². The first-order valence-corrected chi connectivity index (χ1v) is 22.9. The quantitative estimate of drug-likeness (QED) is 0.0703. The van der Waals surface area contributed by atoms with Crippen molar-refractivity contribution in [3.63, 3.8) is 0 Å². The van der Waals surface area contributed by atoms with Crippen molar-refractivity contribution in [3.8, 4) is 11.2 Å². The third-order valence-electron chi connectivity index (χ3n) is 11.2. The van der Waals surface area contributed by atoms with Crippen LogP contribution in [0.5, 0.6) is 0 Å². The molecule has 0 amide bonds. The molecule has 0 aromatic heterocycles. The van der Waals surface area contributed by atoms with Gasteiger partial charge in [-0.25, -0.2) is 0 Å². The van der Waals surface area contributed by atoms with Crippen LogP contribution in [-0.4, -0.2) is 12.4 Å². The van der Waals surface area contributed by atoms with Gasteiger partial charge >= 0.3 is 49.4 Å². The molecule has 0 saturated carbocycles. The molecule has 0 fully saturated rings. The first-order valence-electron chi connectivity index (χ1n) is 20.8. The van der Waals surface area contributed by atoms with Gasteiger partial charge in [0.2, 0.25) is 0 Å². The van der Waals surface area contributed by atoms with Crippen LogP contribution in [0.3, 0.4) is 0 Å². The Morgan fingerprint density at radius 2 is 0.605 bits per heavy atom. The van der Waals surface area contributed by atoms with Crippen LogP contribution in [0.25, 0.3) is 0 Å². The van der Waals surface area contributed by atoms with Crippen molar-refractivity contribution in [2.45, 2.75) is 62.1 Å². The Labute approximate surface area is 414 Å². The van der Waals surface area contributed by atoms with Crippen LogP contribution in [0.15, 0.2) is 127 Å². The zero-order valence-corrected chi connectivity index (χ0v) is 38.6. The van der Waals surface area contributed by atoms with Crippen molar-refractivity contribution < 1.29 is 110 Å². The van der Waals surface area contributed by atoms with Gasteiger partial charge in [-0.05, 0) is 49.2 Å². The van der Waals surface area contributed by atoms with E-state index in [1.165, 1.54) is 5.56 Å². The number of aryl methyl sites for hydroxylation is 1. The van der Waals surface area contributed by atoms with Crippen LogP contribution in [-0.2, 0) is 69.3 Å². The van der Waals surface area contributed by atoms with E-state index in [4.69, 9.17) is 0 Å². The third kappa shape index (κ3) is 14.7. The molecular formula is C49H29BF24OS. The molecule has 6 aromatic carbocycles. The van der Waals surface area contributed by atoms with Crippen molar-refractivity contribution in [3.05, 3.63) is 189 Å². The van der Waals surface area contributed by atoms with E-state index >= 15 is 0 Å². The SMILES string of the molecule is Cc1ccc(C[S+](C)(=O)C#Cc2ccccc2)cc1.FC(F)(F)c1cc([B-](c2cc(C(F)(F)F)cc(C(F)(F)F)c2)(c2cc(C(F)(F)F)cc(C(F)(F)F)c2)c2cc(C(F)(F)F)cc(C(F)(F)F)c2)cc(C(F)(F)F)c1. The first-order chi connectivity index (χ1) is 34.3.